The van der Waals surface area contributed by atoms with Gasteiger partial charge in [0.05, 0.1) is 16.3 Å². The summed E-state index contributed by atoms with van der Waals surface area (Å²) in [5.74, 6) is -2.51. The molecular weight excluding hydrogens is 481 g/mol. The minimum atomic E-state index is -4.23. The molecule has 1 aliphatic rings. The lowest BCUT2D eigenvalue weighted by atomic mass is 10.0. The van der Waals surface area contributed by atoms with E-state index in [0.29, 0.717) is 18.5 Å². The summed E-state index contributed by atoms with van der Waals surface area (Å²) in [7, 11) is -4.23. The van der Waals surface area contributed by atoms with Crippen LogP contribution in [0.5, 0.6) is 0 Å². The Morgan fingerprint density at radius 1 is 1.00 bits per heavy atom. The topological polar surface area (TPSA) is 66.5 Å². The molecule has 4 rings (SSSR count). The average molecular weight is 497 g/mol. The van der Waals surface area contributed by atoms with Crippen molar-refractivity contribution in [1.82, 2.24) is 0 Å². The van der Waals surface area contributed by atoms with Gasteiger partial charge in [-0.1, -0.05) is 35.3 Å². The van der Waals surface area contributed by atoms with E-state index < -0.39 is 32.5 Å². The molecule has 1 amide bonds. The Bertz CT molecular complexity index is 1310. The van der Waals surface area contributed by atoms with Crippen LogP contribution in [0.4, 0.5) is 20.2 Å². The van der Waals surface area contributed by atoms with Crippen molar-refractivity contribution < 1.29 is 22.0 Å². The van der Waals surface area contributed by atoms with Gasteiger partial charge in [-0.2, -0.15) is 0 Å². The molecule has 0 atom stereocenters. The van der Waals surface area contributed by atoms with E-state index in [1.807, 2.05) is 0 Å². The lowest BCUT2D eigenvalue weighted by Crippen LogP contribution is -2.36. The highest BCUT2D eigenvalue weighted by Gasteiger charge is 2.31. The highest BCUT2D eigenvalue weighted by molar-refractivity contribution is 7.92. The number of carbonyl (C=O) groups is 1. The van der Waals surface area contributed by atoms with E-state index in [1.165, 1.54) is 24.3 Å². The smallest absolute Gasteiger partial charge is 0.267 e. The van der Waals surface area contributed by atoms with Crippen molar-refractivity contribution in [2.75, 3.05) is 16.2 Å². The Labute approximate surface area is 193 Å². The molecule has 32 heavy (non-hydrogen) atoms. The Kier molecular flexibility index (Phi) is 6.11. The zero-order valence-corrected chi connectivity index (χ0v) is 18.7. The number of nitrogens with one attached hydrogen (secondary N) is 1. The van der Waals surface area contributed by atoms with Crippen molar-refractivity contribution in [3.63, 3.8) is 0 Å². The second kappa shape index (κ2) is 8.69. The zero-order valence-electron chi connectivity index (χ0n) is 16.4. The van der Waals surface area contributed by atoms with Crippen molar-refractivity contribution in [1.29, 1.82) is 0 Å². The molecule has 0 fully saturated rings. The quantitative estimate of drug-likeness (QED) is 0.506. The number of sulfonamides is 1. The first-order chi connectivity index (χ1) is 15.2. The lowest BCUT2D eigenvalue weighted by molar-refractivity contribution is 0.102. The first-order valence-corrected chi connectivity index (χ1v) is 11.7. The van der Waals surface area contributed by atoms with E-state index in [1.54, 1.807) is 12.1 Å². The number of hydrogen-bond donors (Lipinski definition) is 1. The molecular formula is C22H16Cl2F2N2O3S. The van der Waals surface area contributed by atoms with Crippen LogP contribution < -0.4 is 9.62 Å². The highest BCUT2D eigenvalue weighted by atomic mass is 35.5. The third-order valence-corrected chi connectivity index (χ3v) is 7.47. The normalized spacial score (nSPS) is 13.6. The summed E-state index contributed by atoms with van der Waals surface area (Å²) in [6.45, 7) is 0.133. The number of halogens is 4. The SMILES string of the molecule is O=C(Nc1ccc2c(c1)N(S(=O)(=O)c1ccc(Cl)cc1F)CCC2)c1c(F)cccc1Cl. The van der Waals surface area contributed by atoms with Gasteiger partial charge in [0, 0.05) is 17.3 Å². The van der Waals surface area contributed by atoms with E-state index in [2.05, 4.69) is 5.32 Å². The maximum atomic E-state index is 14.4. The van der Waals surface area contributed by atoms with Gasteiger partial charge in [0.1, 0.15) is 16.5 Å². The third-order valence-electron chi connectivity index (χ3n) is 5.07. The second-order valence-electron chi connectivity index (χ2n) is 7.15. The van der Waals surface area contributed by atoms with Gasteiger partial charge < -0.3 is 5.32 Å². The van der Waals surface area contributed by atoms with Crippen LogP contribution >= 0.6 is 23.2 Å². The van der Waals surface area contributed by atoms with Gasteiger partial charge in [0.25, 0.3) is 15.9 Å². The van der Waals surface area contributed by atoms with Crippen LogP contribution in [0.2, 0.25) is 10.0 Å². The molecule has 10 heteroatoms. The molecule has 1 aliphatic heterocycles. The molecule has 3 aromatic carbocycles. The molecule has 0 spiro atoms. The highest BCUT2D eigenvalue weighted by Crippen LogP contribution is 2.35. The summed E-state index contributed by atoms with van der Waals surface area (Å²) < 4.78 is 56.0. The van der Waals surface area contributed by atoms with Crippen molar-refractivity contribution in [2.24, 2.45) is 0 Å². The Hall–Kier alpha value is -2.68. The molecule has 3 aromatic rings. The predicted molar refractivity (Wildman–Crippen MR) is 120 cm³/mol. The number of nitrogens with zero attached hydrogens (tertiary/aromatic N) is 1. The number of hydrogen-bond acceptors (Lipinski definition) is 3. The molecule has 0 aromatic heterocycles. The molecule has 0 aliphatic carbocycles. The maximum absolute atomic E-state index is 14.4. The number of anilines is 2. The van der Waals surface area contributed by atoms with Crippen molar-refractivity contribution in [2.45, 2.75) is 17.7 Å². The van der Waals surface area contributed by atoms with E-state index in [0.717, 1.165) is 28.1 Å². The monoisotopic (exact) mass is 496 g/mol. The minimum absolute atomic E-state index is 0.0529. The number of benzene rings is 3. The fourth-order valence-electron chi connectivity index (χ4n) is 3.58. The minimum Gasteiger partial charge on any atom is -0.322 e. The van der Waals surface area contributed by atoms with Gasteiger partial charge in [-0.15, -0.1) is 0 Å². The van der Waals surface area contributed by atoms with E-state index in [-0.39, 0.29) is 27.8 Å². The largest absolute Gasteiger partial charge is 0.322 e. The van der Waals surface area contributed by atoms with Crippen LogP contribution in [-0.4, -0.2) is 20.9 Å². The van der Waals surface area contributed by atoms with Crippen LogP contribution in [0.3, 0.4) is 0 Å². The Balaban J connectivity index is 1.70. The molecule has 1 N–H and O–H groups in total. The summed E-state index contributed by atoms with van der Waals surface area (Å²) >= 11 is 11.7. The number of amides is 1. The number of fused-ring (bicyclic) bond motifs is 1. The number of carbonyl (C=O) groups excluding carboxylic acids is 1. The fraction of sp³-hybridized carbons (Fsp3) is 0.136. The number of aryl methyl sites for hydroxylation is 1. The van der Waals surface area contributed by atoms with Gasteiger partial charge in [-0.05, 0) is 60.9 Å². The van der Waals surface area contributed by atoms with Crippen molar-refractivity contribution in [3.8, 4) is 0 Å². The van der Waals surface area contributed by atoms with Crippen LogP contribution in [-0.2, 0) is 16.4 Å². The number of rotatable bonds is 4. The molecule has 0 saturated carbocycles. The first kappa shape index (κ1) is 22.5. The van der Waals surface area contributed by atoms with Crippen molar-refractivity contribution in [3.05, 3.63) is 87.4 Å². The molecule has 1 heterocycles. The summed E-state index contributed by atoms with van der Waals surface area (Å²) in [6, 6.07) is 12.0. The van der Waals surface area contributed by atoms with Gasteiger partial charge in [-0.25, -0.2) is 17.2 Å². The molecule has 0 saturated heterocycles. The van der Waals surface area contributed by atoms with E-state index in [4.69, 9.17) is 23.2 Å². The maximum Gasteiger partial charge on any atom is 0.267 e. The summed E-state index contributed by atoms with van der Waals surface area (Å²) in [5.41, 5.74) is 0.950. The molecule has 0 unspecified atom stereocenters. The molecule has 0 radical (unpaired) electrons. The average Bonchev–Trinajstić information content (AvgIpc) is 2.72. The Morgan fingerprint density at radius 3 is 2.50 bits per heavy atom. The standard InChI is InChI=1S/C22H16Cl2F2N2O3S/c23-14-7-9-20(18(26)11-14)32(30,31)28-10-2-3-13-6-8-15(12-19(13)28)27-22(29)21-16(24)4-1-5-17(21)25/h1,4-9,11-12H,2-3,10H2,(H,27,29). The van der Waals surface area contributed by atoms with Crippen molar-refractivity contribution >= 4 is 50.5 Å². The van der Waals surface area contributed by atoms with Gasteiger partial charge in [0.15, 0.2) is 0 Å². The van der Waals surface area contributed by atoms with Crippen LogP contribution in [0.25, 0.3) is 0 Å². The molecule has 5 nitrogen and oxygen atoms in total. The zero-order chi connectivity index (χ0) is 23.0. The van der Waals surface area contributed by atoms with E-state index >= 15 is 0 Å². The Morgan fingerprint density at radius 2 is 1.78 bits per heavy atom. The molecule has 0 bridgehead atoms. The fourth-order valence-corrected chi connectivity index (χ4v) is 5.57. The summed E-state index contributed by atoms with van der Waals surface area (Å²) in [5, 5.41) is 2.57. The van der Waals surface area contributed by atoms with Crippen LogP contribution in [0.15, 0.2) is 59.5 Å². The first-order valence-electron chi connectivity index (χ1n) is 9.54. The van der Waals surface area contributed by atoms with Gasteiger partial charge in [0.2, 0.25) is 0 Å². The summed E-state index contributed by atoms with van der Waals surface area (Å²) in [6.07, 6.45) is 1.15. The second-order valence-corrected chi connectivity index (χ2v) is 9.82. The van der Waals surface area contributed by atoms with E-state index in [9.17, 15) is 22.0 Å². The predicted octanol–water partition coefficient (Wildman–Crippen LogP) is 5.67. The van der Waals surface area contributed by atoms with Gasteiger partial charge >= 0.3 is 0 Å². The van der Waals surface area contributed by atoms with Crippen LogP contribution in [0, 0.1) is 11.6 Å². The lowest BCUT2D eigenvalue weighted by Gasteiger charge is -2.31. The van der Waals surface area contributed by atoms with Crippen LogP contribution in [0.1, 0.15) is 22.3 Å². The van der Waals surface area contributed by atoms with Gasteiger partial charge in [-0.3, -0.25) is 9.10 Å². The third kappa shape index (κ3) is 4.18. The molecule has 166 valence electrons. The summed E-state index contributed by atoms with van der Waals surface area (Å²) in [4.78, 5) is 12.1.